The Morgan fingerprint density at radius 3 is 2.47 bits per heavy atom. The van der Waals surface area contributed by atoms with E-state index in [0.29, 0.717) is 0 Å². The largest absolute Gasteiger partial charge is 0.493 e. The molecule has 0 amide bonds. The van der Waals surface area contributed by atoms with Gasteiger partial charge < -0.3 is 15.2 Å². The van der Waals surface area contributed by atoms with Crippen molar-refractivity contribution in [1.29, 1.82) is 0 Å². The fourth-order valence-corrected chi connectivity index (χ4v) is 2.09. The molecule has 0 heterocycles. The number of hydrogen-bond acceptors (Lipinski definition) is 3. The molecule has 0 unspecified atom stereocenters. The Hall–Kier alpha value is -0.740. The van der Waals surface area contributed by atoms with E-state index in [4.69, 9.17) is 15.2 Å². The Labute approximate surface area is 98.7 Å². The Balaban J connectivity index is 3.11. The number of ether oxygens (including phenoxy) is 2. The summed E-state index contributed by atoms with van der Waals surface area (Å²) in [7, 11) is 3.24. The standard InChI is InChI=1S/C11H16BrNO2/c1-7(13)6-8-4-5-9(14-2)11(15-3)10(8)12/h4-5,7H,6,13H2,1-3H3/t7-/m0/s1. The van der Waals surface area contributed by atoms with Gasteiger partial charge >= 0.3 is 0 Å². The van der Waals surface area contributed by atoms with E-state index < -0.39 is 0 Å². The van der Waals surface area contributed by atoms with Crippen LogP contribution in [0.1, 0.15) is 12.5 Å². The zero-order valence-electron chi connectivity index (χ0n) is 9.21. The van der Waals surface area contributed by atoms with Gasteiger partial charge in [-0.15, -0.1) is 0 Å². The average molecular weight is 274 g/mol. The second kappa shape index (κ2) is 5.37. The molecule has 15 heavy (non-hydrogen) atoms. The van der Waals surface area contributed by atoms with Gasteiger partial charge in [0.05, 0.1) is 18.7 Å². The fourth-order valence-electron chi connectivity index (χ4n) is 1.43. The van der Waals surface area contributed by atoms with Crippen molar-refractivity contribution in [3.63, 3.8) is 0 Å². The Kier molecular flexibility index (Phi) is 4.42. The third-order valence-corrected chi connectivity index (χ3v) is 2.98. The van der Waals surface area contributed by atoms with Crippen LogP contribution >= 0.6 is 15.9 Å². The summed E-state index contributed by atoms with van der Waals surface area (Å²) in [5.41, 5.74) is 6.89. The minimum absolute atomic E-state index is 0.124. The second-order valence-corrected chi connectivity index (χ2v) is 4.25. The second-order valence-electron chi connectivity index (χ2n) is 3.46. The Morgan fingerprint density at radius 2 is 2.00 bits per heavy atom. The van der Waals surface area contributed by atoms with Crippen molar-refractivity contribution in [2.45, 2.75) is 19.4 Å². The molecule has 2 N–H and O–H groups in total. The van der Waals surface area contributed by atoms with Gasteiger partial charge in [-0.05, 0) is 40.9 Å². The van der Waals surface area contributed by atoms with Crippen LogP contribution in [0.2, 0.25) is 0 Å². The van der Waals surface area contributed by atoms with Gasteiger partial charge in [-0.1, -0.05) is 6.07 Å². The molecule has 84 valence electrons. The van der Waals surface area contributed by atoms with E-state index in [0.717, 1.165) is 28.0 Å². The maximum atomic E-state index is 5.76. The van der Waals surface area contributed by atoms with Crippen LogP contribution in [0.15, 0.2) is 16.6 Å². The molecular weight excluding hydrogens is 258 g/mol. The van der Waals surface area contributed by atoms with Crippen molar-refractivity contribution >= 4 is 15.9 Å². The zero-order valence-corrected chi connectivity index (χ0v) is 10.8. The van der Waals surface area contributed by atoms with Crippen LogP contribution in [0.5, 0.6) is 11.5 Å². The van der Waals surface area contributed by atoms with Gasteiger partial charge in [0.2, 0.25) is 0 Å². The van der Waals surface area contributed by atoms with Crippen LogP contribution in [-0.4, -0.2) is 20.3 Å². The molecule has 1 aromatic rings. The minimum atomic E-state index is 0.124. The molecule has 0 spiro atoms. The molecular formula is C11H16BrNO2. The average Bonchev–Trinajstić information content (AvgIpc) is 2.20. The van der Waals surface area contributed by atoms with Crippen molar-refractivity contribution in [2.24, 2.45) is 5.73 Å². The van der Waals surface area contributed by atoms with E-state index >= 15 is 0 Å². The van der Waals surface area contributed by atoms with Gasteiger partial charge in [-0.3, -0.25) is 0 Å². The summed E-state index contributed by atoms with van der Waals surface area (Å²) in [5, 5.41) is 0. The van der Waals surface area contributed by atoms with Crippen molar-refractivity contribution in [3.05, 3.63) is 22.2 Å². The van der Waals surface area contributed by atoms with Crippen LogP contribution in [0.25, 0.3) is 0 Å². The lowest BCUT2D eigenvalue weighted by atomic mass is 10.1. The lowest BCUT2D eigenvalue weighted by molar-refractivity contribution is 0.352. The van der Waals surface area contributed by atoms with E-state index in [1.54, 1.807) is 14.2 Å². The van der Waals surface area contributed by atoms with Gasteiger partial charge in [-0.25, -0.2) is 0 Å². The molecule has 0 radical (unpaired) electrons. The summed E-state index contributed by atoms with van der Waals surface area (Å²) in [6.45, 7) is 1.98. The number of rotatable bonds is 4. The lowest BCUT2D eigenvalue weighted by Crippen LogP contribution is -2.18. The molecule has 0 aliphatic heterocycles. The van der Waals surface area contributed by atoms with Gasteiger partial charge in [0.15, 0.2) is 11.5 Å². The first-order valence-corrected chi connectivity index (χ1v) is 5.54. The summed E-state index contributed by atoms with van der Waals surface area (Å²) in [5.74, 6) is 1.44. The van der Waals surface area contributed by atoms with Gasteiger partial charge in [-0.2, -0.15) is 0 Å². The number of hydrogen-bond donors (Lipinski definition) is 1. The highest BCUT2D eigenvalue weighted by Crippen LogP contribution is 2.37. The quantitative estimate of drug-likeness (QED) is 0.916. The predicted molar refractivity (Wildman–Crippen MR) is 64.6 cm³/mol. The van der Waals surface area contributed by atoms with Crippen LogP contribution in [0.3, 0.4) is 0 Å². The maximum Gasteiger partial charge on any atom is 0.175 e. The Morgan fingerprint density at radius 1 is 1.33 bits per heavy atom. The molecule has 1 aromatic carbocycles. The van der Waals surface area contributed by atoms with Crippen LogP contribution in [0, 0.1) is 0 Å². The van der Waals surface area contributed by atoms with E-state index in [9.17, 15) is 0 Å². The molecule has 0 bridgehead atoms. The number of methoxy groups -OCH3 is 2. The first-order chi connectivity index (χ1) is 7.10. The third kappa shape index (κ3) is 2.86. The first-order valence-electron chi connectivity index (χ1n) is 4.75. The van der Waals surface area contributed by atoms with E-state index in [2.05, 4.69) is 15.9 Å². The van der Waals surface area contributed by atoms with Gasteiger partial charge in [0.1, 0.15) is 0 Å². The van der Waals surface area contributed by atoms with E-state index in [1.807, 2.05) is 19.1 Å². The molecule has 0 aliphatic carbocycles. The van der Waals surface area contributed by atoms with Crippen molar-refractivity contribution < 1.29 is 9.47 Å². The monoisotopic (exact) mass is 273 g/mol. The Bertz CT molecular complexity index is 340. The molecule has 0 aliphatic rings. The van der Waals surface area contributed by atoms with Crippen LogP contribution in [0.4, 0.5) is 0 Å². The summed E-state index contributed by atoms with van der Waals surface area (Å²) in [6.07, 6.45) is 0.806. The van der Waals surface area contributed by atoms with E-state index in [-0.39, 0.29) is 6.04 Å². The maximum absolute atomic E-state index is 5.76. The molecule has 0 aromatic heterocycles. The third-order valence-electron chi connectivity index (χ3n) is 2.11. The van der Waals surface area contributed by atoms with Crippen LogP contribution < -0.4 is 15.2 Å². The predicted octanol–water partition coefficient (Wildman–Crippen LogP) is 2.36. The topological polar surface area (TPSA) is 44.5 Å². The molecule has 4 heteroatoms. The molecule has 0 fully saturated rings. The SMILES string of the molecule is COc1ccc(C[C@H](C)N)c(Br)c1OC. The summed E-state index contributed by atoms with van der Waals surface area (Å²) >= 11 is 3.50. The van der Waals surface area contributed by atoms with Gasteiger partial charge in [0, 0.05) is 6.04 Å². The smallest absolute Gasteiger partial charge is 0.175 e. The highest BCUT2D eigenvalue weighted by Gasteiger charge is 2.13. The normalized spacial score (nSPS) is 12.3. The van der Waals surface area contributed by atoms with Crippen molar-refractivity contribution in [1.82, 2.24) is 0 Å². The highest BCUT2D eigenvalue weighted by atomic mass is 79.9. The number of nitrogens with two attached hydrogens (primary N) is 1. The van der Waals surface area contributed by atoms with E-state index in [1.165, 1.54) is 0 Å². The summed E-state index contributed by atoms with van der Waals surface area (Å²) < 4.78 is 11.4. The van der Waals surface area contributed by atoms with Crippen LogP contribution in [-0.2, 0) is 6.42 Å². The zero-order chi connectivity index (χ0) is 11.4. The summed E-state index contributed by atoms with van der Waals surface area (Å²) in [6, 6.07) is 4.01. The lowest BCUT2D eigenvalue weighted by Gasteiger charge is -2.14. The molecule has 1 rings (SSSR count). The first kappa shape index (κ1) is 12.3. The molecule has 0 saturated heterocycles. The number of halogens is 1. The van der Waals surface area contributed by atoms with Gasteiger partial charge in [0.25, 0.3) is 0 Å². The summed E-state index contributed by atoms with van der Waals surface area (Å²) in [4.78, 5) is 0. The molecule has 3 nitrogen and oxygen atoms in total. The molecule has 0 saturated carbocycles. The van der Waals surface area contributed by atoms with Crippen molar-refractivity contribution in [3.8, 4) is 11.5 Å². The minimum Gasteiger partial charge on any atom is -0.493 e. The fraction of sp³-hybridized carbons (Fsp3) is 0.455. The molecule has 1 atom stereocenters. The van der Waals surface area contributed by atoms with Crippen molar-refractivity contribution in [2.75, 3.05) is 14.2 Å². The number of benzene rings is 1. The highest BCUT2D eigenvalue weighted by molar-refractivity contribution is 9.10.